The van der Waals surface area contributed by atoms with Gasteiger partial charge in [-0.15, -0.1) is 0 Å². The fourth-order valence-electron chi connectivity index (χ4n) is 3.46. The molecule has 4 heteroatoms. The summed E-state index contributed by atoms with van der Waals surface area (Å²) in [5.41, 5.74) is 1.95. The Labute approximate surface area is 159 Å². The molecule has 0 aliphatic rings. The van der Waals surface area contributed by atoms with Gasteiger partial charge < -0.3 is 10.2 Å². The van der Waals surface area contributed by atoms with Crippen molar-refractivity contribution in [1.82, 2.24) is 5.32 Å². The predicted molar refractivity (Wildman–Crippen MR) is 105 cm³/mol. The van der Waals surface area contributed by atoms with Crippen molar-refractivity contribution in [3.8, 4) is 0 Å². The minimum absolute atomic E-state index is 0.115. The third kappa shape index (κ3) is 3.92. The molecule has 3 rings (SSSR count). The van der Waals surface area contributed by atoms with Crippen LogP contribution in [0.3, 0.4) is 0 Å². The lowest BCUT2D eigenvalue weighted by Crippen LogP contribution is -2.52. The minimum atomic E-state index is -0.990. The van der Waals surface area contributed by atoms with Crippen LogP contribution < -0.4 is 5.32 Å². The topological polar surface area (TPSA) is 69.6 Å². The van der Waals surface area contributed by atoms with Crippen molar-refractivity contribution < 1.29 is 15.0 Å². The van der Waals surface area contributed by atoms with Crippen LogP contribution in [0.4, 0.5) is 0 Å². The summed E-state index contributed by atoms with van der Waals surface area (Å²) in [6.45, 7) is -0.210. The molecule has 4 nitrogen and oxygen atoms in total. The van der Waals surface area contributed by atoms with E-state index in [-0.39, 0.29) is 13.0 Å². The van der Waals surface area contributed by atoms with Crippen molar-refractivity contribution in [2.75, 3.05) is 6.61 Å². The number of carboxylic acids is 1. The molecule has 3 aromatic rings. The summed E-state index contributed by atoms with van der Waals surface area (Å²) in [6.07, 6.45) is 0.115. The van der Waals surface area contributed by atoms with Gasteiger partial charge in [0.1, 0.15) is 6.04 Å². The first kappa shape index (κ1) is 18.8. The SMILES string of the molecule is O=C(O)C(CCO)NC(c1ccccc1)(c1ccccc1)c1ccccc1. The van der Waals surface area contributed by atoms with Gasteiger partial charge in [-0.25, -0.2) is 0 Å². The van der Waals surface area contributed by atoms with E-state index in [9.17, 15) is 15.0 Å². The number of benzene rings is 3. The minimum Gasteiger partial charge on any atom is -0.480 e. The molecule has 0 spiro atoms. The van der Waals surface area contributed by atoms with E-state index in [0.717, 1.165) is 16.7 Å². The highest BCUT2D eigenvalue weighted by atomic mass is 16.4. The molecule has 1 atom stereocenters. The number of aliphatic carboxylic acids is 1. The number of aliphatic hydroxyl groups is 1. The molecule has 0 saturated heterocycles. The first-order valence-electron chi connectivity index (χ1n) is 8.96. The highest BCUT2D eigenvalue weighted by Crippen LogP contribution is 2.37. The lowest BCUT2D eigenvalue weighted by molar-refractivity contribution is -0.140. The second-order valence-electron chi connectivity index (χ2n) is 6.40. The van der Waals surface area contributed by atoms with Crippen molar-refractivity contribution in [3.05, 3.63) is 108 Å². The predicted octanol–water partition coefficient (Wildman–Crippen LogP) is 3.40. The van der Waals surface area contributed by atoms with E-state index in [0.29, 0.717) is 0 Å². The van der Waals surface area contributed by atoms with Gasteiger partial charge in [0, 0.05) is 6.61 Å². The molecule has 0 bridgehead atoms. The van der Waals surface area contributed by atoms with Gasteiger partial charge in [-0.2, -0.15) is 0 Å². The van der Waals surface area contributed by atoms with Gasteiger partial charge in [-0.05, 0) is 23.1 Å². The first-order chi connectivity index (χ1) is 13.2. The maximum Gasteiger partial charge on any atom is 0.320 e. The van der Waals surface area contributed by atoms with Crippen LogP contribution in [-0.2, 0) is 10.3 Å². The van der Waals surface area contributed by atoms with Gasteiger partial charge in [0.15, 0.2) is 0 Å². The zero-order chi connectivity index (χ0) is 19.1. The summed E-state index contributed by atoms with van der Waals surface area (Å²) < 4.78 is 0. The Balaban J connectivity index is 2.27. The van der Waals surface area contributed by atoms with E-state index in [1.165, 1.54) is 0 Å². The molecule has 0 fully saturated rings. The zero-order valence-corrected chi connectivity index (χ0v) is 15.0. The van der Waals surface area contributed by atoms with E-state index in [1.807, 2.05) is 91.0 Å². The summed E-state index contributed by atoms with van der Waals surface area (Å²) in [6, 6.07) is 28.5. The Morgan fingerprint density at radius 2 is 1.15 bits per heavy atom. The van der Waals surface area contributed by atoms with Crippen molar-refractivity contribution in [2.24, 2.45) is 0 Å². The standard InChI is InChI=1S/C23H23NO3/c25-17-16-21(22(26)27)24-23(18-10-4-1-5-11-18,19-12-6-2-7-13-19)20-14-8-3-9-15-20/h1-15,21,24-25H,16-17H2,(H,26,27). The maximum atomic E-state index is 11.9. The average molecular weight is 361 g/mol. The molecule has 1 unspecified atom stereocenters. The molecule has 138 valence electrons. The Kier molecular flexibility index (Phi) is 6.01. The van der Waals surface area contributed by atoms with Crippen LogP contribution in [0.1, 0.15) is 23.1 Å². The van der Waals surface area contributed by atoms with Crippen molar-refractivity contribution in [1.29, 1.82) is 0 Å². The highest BCUT2D eigenvalue weighted by Gasteiger charge is 2.39. The third-order valence-corrected chi connectivity index (χ3v) is 4.73. The van der Waals surface area contributed by atoms with E-state index < -0.39 is 17.6 Å². The van der Waals surface area contributed by atoms with Crippen LogP contribution in [-0.4, -0.2) is 28.8 Å². The molecule has 0 amide bonds. The maximum absolute atomic E-state index is 11.9. The molecule has 3 aromatic carbocycles. The fraction of sp³-hybridized carbons (Fsp3) is 0.174. The normalized spacial score (nSPS) is 12.5. The summed E-state index contributed by atoms with van der Waals surface area (Å²) in [4.78, 5) is 11.9. The second-order valence-corrected chi connectivity index (χ2v) is 6.40. The molecule has 0 aliphatic heterocycles. The van der Waals surface area contributed by atoms with Gasteiger partial charge in [0.25, 0.3) is 0 Å². The van der Waals surface area contributed by atoms with Gasteiger partial charge in [0.05, 0.1) is 5.54 Å². The number of hydrogen-bond acceptors (Lipinski definition) is 3. The smallest absolute Gasteiger partial charge is 0.320 e. The molecule has 0 aromatic heterocycles. The number of nitrogens with one attached hydrogen (secondary N) is 1. The third-order valence-electron chi connectivity index (χ3n) is 4.73. The Hall–Kier alpha value is -2.95. The van der Waals surface area contributed by atoms with Gasteiger partial charge in [-0.3, -0.25) is 10.1 Å². The monoisotopic (exact) mass is 361 g/mol. The summed E-state index contributed by atoms with van der Waals surface area (Å²) >= 11 is 0. The van der Waals surface area contributed by atoms with E-state index in [2.05, 4.69) is 5.32 Å². The number of rotatable bonds is 8. The quantitative estimate of drug-likeness (QED) is 0.538. The van der Waals surface area contributed by atoms with Crippen LogP contribution in [0, 0.1) is 0 Å². The van der Waals surface area contributed by atoms with Crippen molar-refractivity contribution in [2.45, 2.75) is 18.0 Å². The summed E-state index contributed by atoms with van der Waals surface area (Å²) in [7, 11) is 0. The lowest BCUT2D eigenvalue weighted by Gasteiger charge is -2.39. The molecule has 0 radical (unpaired) electrons. The molecule has 0 aliphatic carbocycles. The summed E-state index contributed by atoms with van der Waals surface area (Å²) in [5.74, 6) is -0.990. The molecule has 3 N–H and O–H groups in total. The number of hydrogen-bond donors (Lipinski definition) is 3. The van der Waals surface area contributed by atoms with E-state index in [1.54, 1.807) is 0 Å². The van der Waals surface area contributed by atoms with Crippen LogP contribution in [0.25, 0.3) is 0 Å². The first-order valence-corrected chi connectivity index (χ1v) is 8.96. The van der Waals surface area contributed by atoms with Crippen molar-refractivity contribution in [3.63, 3.8) is 0 Å². The molecular formula is C23H23NO3. The van der Waals surface area contributed by atoms with E-state index in [4.69, 9.17) is 0 Å². The van der Waals surface area contributed by atoms with E-state index >= 15 is 0 Å². The van der Waals surface area contributed by atoms with Gasteiger partial charge in [0.2, 0.25) is 0 Å². The number of carbonyl (C=O) groups is 1. The molecule has 0 heterocycles. The fourth-order valence-corrected chi connectivity index (χ4v) is 3.46. The Morgan fingerprint density at radius 3 is 1.44 bits per heavy atom. The zero-order valence-electron chi connectivity index (χ0n) is 15.0. The lowest BCUT2D eigenvalue weighted by atomic mass is 9.76. The van der Waals surface area contributed by atoms with Crippen LogP contribution in [0.5, 0.6) is 0 Å². The largest absolute Gasteiger partial charge is 0.480 e. The van der Waals surface area contributed by atoms with Crippen LogP contribution in [0.2, 0.25) is 0 Å². The van der Waals surface area contributed by atoms with Crippen LogP contribution in [0.15, 0.2) is 91.0 Å². The second kappa shape index (κ2) is 8.62. The van der Waals surface area contributed by atoms with Gasteiger partial charge >= 0.3 is 5.97 Å². The van der Waals surface area contributed by atoms with Crippen LogP contribution >= 0.6 is 0 Å². The van der Waals surface area contributed by atoms with Gasteiger partial charge in [-0.1, -0.05) is 91.0 Å². The molecule has 27 heavy (non-hydrogen) atoms. The Morgan fingerprint density at radius 1 is 0.778 bits per heavy atom. The average Bonchev–Trinajstić information content (AvgIpc) is 2.73. The molecular weight excluding hydrogens is 338 g/mol. The Bertz CT molecular complexity index is 754. The van der Waals surface area contributed by atoms with Crippen molar-refractivity contribution >= 4 is 5.97 Å². The number of carboxylic acid groups (broad SMARTS) is 1. The highest BCUT2D eigenvalue weighted by molar-refractivity contribution is 5.74. The molecule has 0 saturated carbocycles. The number of aliphatic hydroxyl groups excluding tert-OH is 1. The summed E-state index contributed by atoms with van der Waals surface area (Å²) in [5, 5.41) is 22.5.